The van der Waals surface area contributed by atoms with Crippen LogP contribution in [0.5, 0.6) is 0 Å². The third kappa shape index (κ3) is 2.65. The van der Waals surface area contributed by atoms with Gasteiger partial charge in [0.15, 0.2) is 0 Å². The molecule has 1 saturated heterocycles. The quantitative estimate of drug-likeness (QED) is 0.473. The molecule has 0 radical (unpaired) electrons. The molecule has 1 N–H and O–H groups in total. The van der Waals surface area contributed by atoms with E-state index in [4.69, 9.17) is 9.47 Å². The van der Waals surface area contributed by atoms with Crippen LogP contribution in [-0.2, 0) is 19.1 Å². The Bertz CT molecular complexity index is 676. The second kappa shape index (κ2) is 6.13. The molecule has 1 aliphatic heterocycles. The number of rotatable bonds is 2. The van der Waals surface area contributed by atoms with Gasteiger partial charge in [-0.05, 0) is 33.1 Å². The maximum absolute atomic E-state index is 12.3. The van der Waals surface area contributed by atoms with Gasteiger partial charge in [-0.2, -0.15) is 0 Å². The lowest BCUT2D eigenvalue weighted by atomic mass is 9.53. The van der Waals surface area contributed by atoms with Crippen molar-refractivity contribution in [3.8, 4) is 0 Å². The van der Waals surface area contributed by atoms with Crippen molar-refractivity contribution in [2.75, 3.05) is 0 Å². The molecule has 6 atom stereocenters. The van der Waals surface area contributed by atoms with E-state index in [2.05, 4.69) is 13.2 Å². The van der Waals surface area contributed by atoms with Crippen LogP contribution in [-0.4, -0.2) is 35.4 Å². The monoisotopic (exact) mass is 346 g/mol. The fourth-order valence-electron chi connectivity index (χ4n) is 4.69. The van der Waals surface area contributed by atoms with Gasteiger partial charge in [0.1, 0.15) is 12.2 Å². The predicted octanol–water partition coefficient (Wildman–Crippen LogP) is 2.70. The van der Waals surface area contributed by atoms with Crippen LogP contribution in [0, 0.1) is 17.3 Å². The van der Waals surface area contributed by atoms with Crippen LogP contribution in [0.4, 0.5) is 0 Å². The standard InChI is InChI=1S/C20H26O5/c1-6-10(2)18(22)24-13-9-20(5)14(21)8-7-11(3)16(20)17-15(13)12(4)19(23)25-17/h6,13-17,21H,3-4,7-9H2,1-2,5H3/b10-6-/t13-,14-,15-,16-,17+,20+/m1/s1. The molecule has 5 heteroatoms. The van der Waals surface area contributed by atoms with Gasteiger partial charge in [-0.15, -0.1) is 0 Å². The Morgan fingerprint density at radius 1 is 1.44 bits per heavy atom. The highest BCUT2D eigenvalue weighted by molar-refractivity contribution is 5.92. The van der Waals surface area contributed by atoms with Crippen molar-refractivity contribution in [1.29, 1.82) is 0 Å². The largest absolute Gasteiger partial charge is 0.458 e. The van der Waals surface area contributed by atoms with Gasteiger partial charge >= 0.3 is 11.9 Å². The minimum absolute atomic E-state index is 0.151. The predicted molar refractivity (Wildman–Crippen MR) is 92.4 cm³/mol. The Hall–Kier alpha value is -1.88. The van der Waals surface area contributed by atoms with Crippen molar-refractivity contribution in [3.63, 3.8) is 0 Å². The first-order valence-corrected chi connectivity index (χ1v) is 8.80. The second-order valence-corrected chi connectivity index (χ2v) is 7.74. The van der Waals surface area contributed by atoms with Gasteiger partial charge in [0, 0.05) is 22.5 Å². The molecule has 0 bridgehead atoms. The van der Waals surface area contributed by atoms with Crippen molar-refractivity contribution in [2.24, 2.45) is 17.3 Å². The van der Waals surface area contributed by atoms with Gasteiger partial charge < -0.3 is 14.6 Å². The Balaban J connectivity index is 1.99. The Kier molecular flexibility index (Phi) is 4.40. The molecule has 3 aliphatic rings. The molecule has 0 aromatic carbocycles. The normalized spacial score (nSPS) is 41.0. The zero-order chi connectivity index (χ0) is 18.5. The Labute approximate surface area is 148 Å². The van der Waals surface area contributed by atoms with E-state index in [1.807, 2.05) is 6.92 Å². The number of hydrogen-bond donors (Lipinski definition) is 1. The van der Waals surface area contributed by atoms with Gasteiger partial charge in [0.2, 0.25) is 0 Å². The van der Waals surface area contributed by atoms with E-state index in [1.165, 1.54) is 0 Å². The Morgan fingerprint density at radius 2 is 2.12 bits per heavy atom. The van der Waals surface area contributed by atoms with Gasteiger partial charge in [0.25, 0.3) is 0 Å². The third-order valence-corrected chi connectivity index (χ3v) is 6.30. The van der Waals surface area contributed by atoms with Crippen molar-refractivity contribution in [1.82, 2.24) is 0 Å². The van der Waals surface area contributed by atoms with Crippen molar-refractivity contribution >= 4 is 11.9 Å². The number of fused-ring (bicyclic) bond motifs is 3. The molecular formula is C20H26O5. The molecule has 0 aromatic rings. The minimum Gasteiger partial charge on any atom is -0.458 e. The summed E-state index contributed by atoms with van der Waals surface area (Å²) in [6.45, 7) is 13.5. The summed E-state index contributed by atoms with van der Waals surface area (Å²) in [5.41, 5.74) is 1.29. The number of aliphatic hydroxyl groups is 1. The van der Waals surface area contributed by atoms with Crippen molar-refractivity contribution in [3.05, 3.63) is 36.0 Å². The summed E-state index contributed by atoms with van der Waals surface area (Å²) in [7, 11) is 0. The molecule has 0 aromatic heterocycles. The van der Waals surface area contributed by atoms with Crippen LogP contribution in [0.1, 0.15) is 40.0 Å². The number of allylic oxidation sites excluding steroid dienone is 1. The molecule has 0 amide bonds. The van der Waals surface area contributed by atoms with E-state index in [0.717, 1.165) is 5.57 Å². The van der Waals surface area contributed by atoms with Crippen LogP contribution < -0.4 is 0 Å². The first kappa shape index (κ1) is 17.9. The van der Waals surface area contributed by atoms with Crippen LogP contribution >= 0.6 is 0 Å². The van der Waals surface area contributed by atoms with Crippen LogP contribution in [0.25, 0.3) is 0 Å². The van der Waals surface area contributed by atoms with Gasteiger partial charge in [-0.25, -0.2) is 9.59 Å². The molecule has 3 fully saturated rings. The number of aliphatic hydroxyl groups excluding tert-OH is 1. The summed E-state index contributed by atoms with van der Waals surface area (Å²) in [6, 6.07) is 0. The number of carbonyl (C=O) groups excluding carboxylic acids is 2. The molecule has 5 nitrogen and oxygen atoms in total. The number of hydrogen-bond acceptors (Lipinski definition) is 5. The van der Waals surface area contributed by atoms with Crippen molar-refractivity contribution < 1.29 is 24.2 Å². The second-order valence-electron chi connectivity index (χ2n) is 7.74. The summed E-state index contributed by atoms with van der Waals surface area (Å²) in [5, 5.41) is 10.7. The molecular weight excluding hydrogens is 320 g/mol. The van der Waals surface area contributed by atoms with E-state index in [-0.39, 0.29) is 11.8 Å². The third-order valence-electron chi connectivity index (χ3n) is 6.30. The molecule has 0 spiro atoms. The smallest absolute Gasteiger partial charge is 0.334 e. The van der Waals surface area contributed by atoms with Crippen LogP contribution in [0.3, 0.4) is 0 Å². The average molecular weight is 346 g/mol. The summed E-state index contributed by atoms with van der Waals surface area (Å²) in [4.78, 5) is 24.5. The molecule has 0 unspecified atom stereocenters. The molecule has 136 valence electrons. The fraction of sp³-hybridized carbons (Fsp3) is 0.600. The minimum atomic E-state index is -0.555. The Morgan fingerprint density at radius 3 is 2.76 bits per heavy atom. The summed E-state index contributed by atoms with van der Waals surface area (Å²) in [5.74, 6) is -1.40. The molecule has 2 aliphatic carbocycles. The van der Waals surface area contributed by atoms with E-state index in [0.29, 0.717) is 30.4 Å². The lowest BCUT2D eigenvalue weighted by molar-refractivity contribution is -0.175. The maximum Gasteiger partial charge on any atom is 0.334 e. The van der Waals surface area contributed by atoms with E-state index >= 15 is 0 Å². The van der Waals surface area contributed by atoms with E-state index in [9.17, 15) is 14.7 Å². The highest BCUT2D eigenvalue weighted by Gasteiger charge is 2.62. The van der Waals surface area contributed by atoms with Gasteiger partial charge in [-0.3, -0.25) is 0 Å². The number of ether oxygens (including phenoxy) is 2. The molecule has 3 rings (SSSR count). The van der Waals surface area contributed by atoms with E-state index in [1.54, 1.807) is 19.9 Å². The lowest BCUT2D eigenvalue weighted by Gasteiger charge is -2.54. The number of esters is 2. The highest BCUT2D eigenvalue weighted by atomic mass is 16.6. The lowest BCUT2D eigenvalue weighted by Crippen LogP contribution is -2.58. The topological polar surface area (TPSA) is 72.8 Å². The zero-order valence-corrected chi connectivity index (χ0v) is 15.1. The summed E-state index contributed by atoms with van der Waals surface area (Å²) in [6.07, 6.45) is 1.88. The van der Waals surface area contributed by atoms with Crippen LogP contribution in [0.15, 0.2) is 36.0 Å². The molecule has 2 saturated carbocycles. The SMILES string of the molecule is C=C1C(=O)O[C@H]2[C@H]1[C@H](OC(=O)/C(C)=C\C)C[C@@]1(C)[C@H](O)CCC(=C)[C@H]21. The van der Waals surface area contributed by atoms with E-state index < -0.39 is 35.7 Å². The molecule has 1 heterocycles. The molecule has 25 heavy (non-hydrogen) atoms. The van der Waals surface area contributed by atoms with Crippen molar-refractivity contribution in [2.45, 2.75) is 58.3 Å². The number of carbonyl (C=O) groups is 2. The first-order chi connectivity index (χ1) is 11.7. The average Bonchev–Trinajstić information content (AvgIpc) is 2.85. The maximum atomic E-state index is 12.3. The van der Waals surface area contributed by atoms with Gasteiger partial charge in [0.05, 0.1) is 12.0 Å². The van der Waals surface area contributed by atoms with Crippen LogP contribution in [0.2, 0.25) is 0 Å². The van der Waals surface area contributed by atoms with Gasteiger partial charge in [-0.1, -0.05) is 31.7 Å². The zero-order valence-electron chi connectivity index (χ0n) is 15.1. The summed E-state index contributed by atoms with van der Waals surface area (Å²) >= 11 is 0. The highest BCUT2D eigenvalue weighted by Crippen LogP contribution is 2.57. The summed E-state index contributed by atoms with van der Waals surface area (Å²) < 4.78 is 11.3. The first-order valence-electron chi connectivity index (χ1n) is 8.80. The fourth-order valence-corrected chi connectivity index (χ4v) is 4.69.